The first kappa shape index (κ1) is 14.8. The Morgan fingerprint density at radius 1 is 1.30 bits per heavy atom. The van der Waals surface area contributed by atoms with Crippen LogP contribution in [0, 0.1) is 5.41 Å². The van der Waals surface area contributed by atoms with Crippen molar-refractivity contribution in [3.8, 4) is 0 Å². The molecule has 1 atom stereocenters. The second-order valence-electron chi connectivity index (χ2n) is 4.95. The van der Waals surface area contributed by atoms with Gasteiger partial charge in [0, 0.05) is 7.05 Å². The summed E-state index contributed by atoms with van der Waals surface area (Å²) in [5.74, 6) is -1.77. The van der Waals surface area contributed by atoms with Gasteiger partial charge < -0.3 is 4.90 Å². The largest absolute Gasteiger partial charge is 0.390 e. The van der Waals surface area contributed by atoms with E-state index in [2.05, 4.69) is 0 Å². The van der Waals surface area contributed by atoms with E-state index < -0.39 is 29.7 Å². The van der Waals surface area contributed by atoms with Gasteiger partial charge in [-0.2, -0.15) is 13.2 Å². The molecule has 1 aliphatic rings. The van der Waals surface area contributed by atoms with Crippen molar-refractivity contribution in [1.29, 1.82) is 0 Å². The summed E-state index contributed by atoms with van der Waals surface area (Å²) in [6, 6.07) is 4.42. The molecule has 1 heterocycles. The zero-order valence-electron chi connectivity index (χ0n) is 10.7. The molecule has 3 nitrogen and oxygen atoms in total. The predicted octanol–water partition coefficient (Wildman–Crippen LogP) is 3.46. The first-order chi connectivity index (χ1) is 9.08. The van der Waals surface area contributed by atoms with E-state index in [1.165, 1.54) is 25.2 Å². The van der Waals surface area contributed by atoms with Gasteiger partial charge in [0.15, 0.2) is 5.78 Å². The van der Waals surface area contributed by atoms with Gasteiger partial charge in [-0.25, -0.2) is 0 Å². The van der Waals surface area contributed by atoms with E-state index in [1.54, 1.807) is 0 Å². The number of Topliss-reactive ketones (excluding diaryl/α,β-unsaturated/α-hetero) is 1. The third-order valence-electron chi connectivity index (χ3n) is 3.41. The van der Waals surface area contributed by atoms with E-state index in [-0.39, 0.29) is 16.3 Å². The Labute approximate surface area is 118 Å². The molecule has 7 heteroatoms. The SMILES string of the molecule is CN1C(=O)C(C)(CC(F)(F)F)C(=O)c2c(Cl)cccc21. The molecule has 1 amide bonds. The number of carbonyl (C=O) groups is 2. The Hall–Kier alpha value is -1.56. The minimum absolute atomic E-state index is 0.0389. The summed E-state index contributed by atoms with van der Waals surface area (Å²) in [7, 11) is 1.33. The molecule has 0 bridgehead atoms. The van der Waals surface area contributed by atoms with Crippen molar-refractivity contribution in [2.75, 3.05) is 11.9 Å². The average Bonchev–Trinajstić information content (AvgIpc) is 2.32. The van der Waals surface area contributed by atoms with Crippen LogP contribution >= 0.6 is 11.6 Å². The fourth-order valence-corrected chi connectivity index (χ4v) is 2.68. The van der Waals surface area contributed by atoms with E-state index >= 15 is 0 Å². The number of fused-ring (bicyclic) bond motifs is 1. The molecular weight excluding hydrogens is 295 g/mol. The Kier molecular flexibility index (Phi) is 3.32. The monoisotopic (exact) mass is 305 g/mol. The summed E-state index contributed by atoms with van der Waals surface area (Å²) < 4.78 is 38.0. The first-order valence-corrected chi connectivity index (χ1v) is 6.14. The molecule has 2 rings (SSSR count). The zero-order chi connectivity index (χ0) is 15.3. The van der Waals surface area contributed by atoms with Gasteiger partial charge in [-0.1, -0.05) is 17.7 Å². The Balaban J connectivity index is 2.62. The third kappa shape index (κ3) is 2.18. The highest BCUT2D eigenvalue weighted by Gasteiger charge is 2.54. The maximum Gasteiger partial charge on any atom is 0.390 e. The van der Waals surface area contributed by atoms with Gasteiger partial charge >= 0.3 is 6.18 Å². The van der Waals surface area contributed by atoms with Crippen LogP contribution < -0.4 is 4.90 Å². The molecule has 1 aliphatic heterocycles. The molecule has 108 valence electrons. The number of carbonyl (C=O) groups excluding carboxylic acids is 2. The number of amides is 1. The normalized spacial score (nSPS) is 23.0. The van der Waals surface area contributed by atoms with Crippen molar-refractivity contribution in [1.82, 2.24) is 0 Å². The van der Waals surface area contributed by atoms with E-state index in [0.29, 0.717) is 0 Å². The average molecular weight is 306 g/mol. The molecule has 0 saturated heterocycles. The van der Waals surface area contributed by atoms with Crippen LogP contribution in [0.2, 0.25) is 5.02 Å². The van der Waals surface area contributed by atoms with Crippen molar-refractivity contribution in [2.24, 2.45) is 5.41 Å². The number of hydrogen-bond donors (Lipinski definition) is 0. The molecule has 20 heavy (non-hydrogen) atoms. The second kappa shape index (κ2) is 4.48. The fraction of sp³-hybridized carbons (Fsp3) is 0.385. The molecule has 0 spiro atoms. The lowest BCUT2D eigenvalue weighted by molar-refractivity contribution is -0.160. The molecule has 0 fully saturated rings. The molecule has 0 N–H and O–H groups in total. The van der Waals surface area contributed by atoms with E-state index in [4.69, 9.17) is 11.6 Å². The highest BCUT2D eigenvalue weighted by Crippen LogP contribution is 2.45. The summed E-state index contributed by atoms with van der Waals surface area (Å²) in [6.07, 6.45) is -6.13. The van der Waals surface area contributed by atoms with E-state index in [1.807, 2.05) is 0 Å². The molecule has 0 saturated carbocycles. The Morgan fingerprint density at radius 3 is 2.45 bits per heavy atom. The lowest BCUT2D eigenvalue weighted by atomic mass is 9.74. The van der Waals surface area contributed by atoms with Crippen LogP contribution in [-0.4, -0.2) is 24.9 Å². The van der Waals surface area contributed by atoms with Crippen molar-refractivity contribution >= 4 is 29.0 Å². The summed E-state index contributed by atoms with van der Waals surface area (Å²) in [6.45, 7) is 1.01. The molecule has 0 aromatic heterocycles. The summed E-state index contributed by atoms with van der Waals surface area (Å²) >= 11 is 5.91. The molecule has 1 aromatic rings. The van der Waals surface area contributed by atoms with Crippen LogP contribution in [0.1, 0.15) is 23.7 Å². The molecule has 0 radical (unpaired) electrons. The number of hydrogen-bond acceptors (Lipinski definition) is 2. The molecular formula is C13H11ClF3NO2. The maximum absolute atomic E-state index is 12.7. The van der Waals surface area contributed by atoms with Crippen molar-refractivity contribution < 1.29 is 22.8 Å². The van der Waals surface area contributed by atoms with Gasteiger partial charge in [0.2, 0.25) is 5.91 Å². The van der Waals surface area contributed by atoms with Gasteiger partial charge in [0.05, 0.1) is 22.7 Å². The number of anilines is 1. The van der Waals surface area contributed by atoms with E-state index in [9.17, 15) is 22.8 Å². The lowest BCUT2D eigenvalue weighted by Gasteiger charge is -2.38. The number of benzene rings is 1. The topological polar surface area (TPSA) is 37.4 Å². The number of nitrogens with zero attached hydrogens (tertiary/aromatic N) is 1. The zero-order valence-corrected chi connectivity index (χ0v) is 11.5. The van der Waals surface area contributed by atoms with Crippen LogP contribution in [0.4, 0.5) is 18.9 Å². The molecule has 1 aromatic carbocycles. The Morgan fingerprint density at radius 2 is 1.90 bits per heavy atom. The highest BCUT2D eigenvalue weighted by atomic mass is 35.5. The van der Waals surface area contributed by atoms with Gasteiger partial charge in [0.1, 0.15) is 5.41 Å². The number of halogens is 4. The number of alkyl halides is 3. The highest BCUT2D eigenvalue weighted by molar-refractivity contribution is 6.37. The second-order valence-corrected chi connectivity index (χ2v) is 5.36. The van der Waals surface area contributed by atoms with Gasteiger partial charge in [-0.05, 0) is 19.1 Å². The minimum Gasteiger partial charge on any atom is -0.314 e. The number of rotatable bonds is 1. The standard InChI is InChI=1S/C13H11ClF3NO2/c1-12(6-13(15,16)17)10(19)9-7(14)4-3-5-8(9)18(2)11(12)20/h3-5H,6H2,1-2H3. The van der Waals surface area contributed by atoms with Gasteiger partial charge in [-0.3, -0.25) is 9.59 Å². The predicted molar refractivity (Wildman–Crippen MR) is 68.0 cm³/mol. The third-order valence-corrected chi connectivity index (χ3v) is 3.73. The summed E-state index contributed by atoms with van der Waals surface area (Å²) in [5.41, 5.74) is -1.99. The number of ketones is 1. The summed E-state index contributed by atoms with van der Waals surface area (Å²) in [4.78, 5) is 25.6. The Bertz CT molecular complexity index is 600. The first-order valence-electron chi connectivity index (χ1n) is 5.76. The van der Waals surface area contributed by atoms with Crippen LogP contribution in [0.25, 0.3) is 0 Å². The van der Waals surface area contributed by atoms with Crippen molar-refractivity contribution in [3.05, 3.63) is 28.8 Å². The fourth-order valence-electron chi connectivity index (χ4n) is 2.43. The van der Waals surface area contributed by atoms with Crippen molar-refractivity contribution in [2.45, 2.75) is 19.5 Å². The van der Waals surface area contributed by atoms with Crippen LogP contribution in [0.3, 0.4) is 0 Å². The van der Waals surface area contributed by atoms with Crippen molar-refractivity contribution in [3.63, 3.8) is 0 Å². The maximum atomic E-state index is 12.7. The quantitative estimate of drug-likeness (QED) is 0.745. The van der Waals surface area contributed by atoms with Gasteiger partial charge in [-0.15, -0.1) is 0 Å². The van der Waals surface area contributed by atoms with Crippen LogP contribution in [0.15, 0.2) is 18.2 Å². The molecule has 0 aliphatic carbocycles. The molecule has 1 unspecified atom stereocenters. The van der Waals surface area contributed by atoms with Crippen LogP contribution in [-0.2, 0) is 4.79 Å². The minimum atomic E-state index is -4.63. The van der Waals surface area contributed by atoms with Crippen LogP contribution in [0.5, 0.6) is 0 Å². The smallest absolute Gasteiger partial charge is 0.314 e. The summed E-state index contributed by atoms with van der Waals surface area (Å²) in [5, 5.41) is 0.0419. The van der Waals surface area contributed by atoms with Gasteiger partial charge in [0.25, 0.3) is 0 Å². The lowest BCUT2D eigenvalue weighted by Crippen LogP contribution is -2.52. The van der Waals surface area contributed by atoms with E-state index in [0.717, 1.165) is 11.8 Å².